The Morgan fingerprint density at radius 2 is 1.97 bits per heavy atom. The SMILES string of the molecule is CN(C)C(C)(C)C(=O)NC1=NC(=O)/C(=C/c2ccc(-c3ccccc3[N+](=O)[O-])o2)S1. The normalized spacial score (nSPS) is 15.6. The van der Waals surface area contributed by atoms with E-state index in [1.807, 2.05) is 0 Å². The number of hydrogen-bond acceptors (Lipinski definition) is 7. The van der Waals surface area contributed by atoms with E-state index in [1.165, 1.54) is 12.1 Å². The summed E-state index contributed by atoms with van der Waals surface area (Å²) in [5.41, 5.74) is -0.513. The molecule has 0 spiro atoms. The molecule has 156 valence electrons. The molecule has 2 amide bonds. The van der Waals surface area contributed by atoms with E-state index in [9.17, 15) is 19.7 Å². The van der Waals surface area contributed by atoms with E-state index in [4.69, 9.17) is 4.42 Å². The van der Waals surface area contributed by atoms with Gasteiger partial charge < -0.3 is 9.73 Å². The van der Waals surface area contributed by atoms with Gasteiger partial charge in [0.05, 0.1) is 20.9 Å². The van der Waals surface area contributed by atoms with Gasteiger partial charge in [-0.3, -0.25) is 24.6 Å². The minimum Gasteiger partial charge on any atom is -0.456 e. The Kier molecular flexibility index (Phi) is 5.90. The molecule has 3 rings (SSSR count). The third kappa shape index (κ3) is 4.34. The number of furan rings is 1. The van der Waals surface area contributed by atoms with Crippen LogP contribution in [0, 0.1) is 10.1 Å². The lowest BCUT2D eigenvalue weighted by Gasteiger charge is -2.30. The summed E-state index contributed by atoms with van der Waals surface area (Å²) in [6.45, 7) is 3.52. The molecule has 0 unspecified atom stereocenters. The predicted molar refractivity (Wildman–Crippen MR) is 115 cm³/mol. The van der Waals surface area contributed by atoms with Crippen LogP contribution < -0.4 is 5.32 Å². The fourth-order valence-electron chi connectivity index (χ4n) is 2.46. The molecule has 2 aromatic rings. The van der Waals surface area contributed by atoms with Gasteiger partial charge in [0.15, 0.2) is 5.17 Å². The fourth-order valence-corrected chi connectivity index (χ4v) is 3.25. The highest BCUT2D eigenvalue weighted by molar-refractivity contribution is 8.18. The molecule has 0 saturated carbocycles. The number of hydrogen-bond donors (Lipinski definition) is 1. The molecule has 10 heteroatoms. The Morgan fingerprint density at radius 3 is 2.63 bits per heavy atom. The summed E-state index contributed by atoms with van der Waals surface area (Å²) in [5.74, 6) is -0.131. The summed E-state index contributed by atoms with van der Waals surface area (Å²) in [6, 6.07) is 9.45. The number of carbonyl (C=O) groups is 2. The number of nitrogens with zero attached hydrogens (tertiary/aromatic N) is 3. The molecule has 9 nitrogen and oxygen atoms in total. The number of amides is 2. The Morgan fingerprint density at radius 1 is 1.27 bits per heavy atom. The van der Waals surface area contributed by atoms with Crippen molar-refractivity contribution in [1.82, 2.24) is 10.2 Å². The summed E-state index contributed by atoms with van der Waals surface area (Å²) < 4.78 is 5.68. The third-order valence-corrected chi connectivity index (χ3v) is 5.68. The van der Waals surface area contributed by atoms with Crippen LogP contribution in [-0.2, 0) is 9.59 Å². The zero-order valence-corrected chi connectivity index (χ0v) is 17.6. The van der Waals surface area contributed by atoms with Crippen molar-refractivity contribution in [2.45, 2.75) is 19.4 Å². The molecule has 0 saturated heterocycles. The van der Waals surface area contributed by atoms with Gasteiger partial charge in [-0.1, -0.05) is 12.1 Å². The van der Waals surface area contributed by atoms with Crippen molar-refractivity contribution in [3.05, 3.63) is 57.2 Å². The van der Waals surface area contributed by atoms with Crippen molar-refractivity contribution in [3.63, 3.8) is 0 Å². The number of amidine groups is 1. The molecule has 0 bridgehead atoms. The number of nitro groups is 1. The van der Waals surface area contributed by atoms with Crippen LogP contribution in [-0.4, -0.2) is 46.4 Å². The van der Waals surface area contributed by atoms with Gasteiger partial charge >= 0.3 is 0 Å². The Hall–Kier alpha value is -3.24. The summed E-state index contributed by atoms with van der Waals surface area (Å²) >= 11 is 1.03. The second-order valence-electron chi connectivity index (χ2n) is 7.22. The van der Waals surface area contributed by atoms with Crippen LogP contribution in [0.3, 0.4) is 0 Å². The minimum atomic E-state index is -0.779. The van der Waals surface area contributed by atoms with E-state index in [-0.39, 0.29) is 21.7 Å². The van der Waals surface area contributed by atoms with Crippen molar-refractivity contribution >= 4 is 40.5 Å². The van der Waals surface area contributed by atoms with Gasteiger partial charge in [0.1, 0.15) is 11.5 Å². The van der Waals surface area contributed by atoms with Gasteiger partial charge in [0.2, 0.25) is 5.91 Å². The number of thioether (sulfide) groups is 1. The number of nitrogens with one attached hydrogen (secondary N) is 1. The van der Waals surface area contributed by atoms with Crippen LogP contribution in [0.5, 0.6) is 0 Å². The maximum atomic E-state index is 12.4. The standard InChI is InChI=1S/C20H20N4O5S/c1-20(2,23(3)4)18(26)22-19-21-17(25)16(30-19)11-12-9-10-15(29-12)13-7-5-6-8-14(13)24(27)28/h5-11H,1-4H3,(H,21,22,25,26)/b16-11-. The van der Waals surface area contributed by atoms with Crippen molar-refractivity contribution in [1.29, 1.82) is 0 Å². The van der Waals surface area contributed by atoms with Crippen molar-refractivity contribution in [2.75, 3.05) is 14.1 Å². The molecule has 1 aromatic heterocycles. The van der Waals surface area contributed by atoms with Gasteiger partial charge in [-0.25, -0.2) is 0 Å². The number of likely N-dealkylation sites (N-methyl/N-ethyl adjacent to an activating group) is 1. The maximum Gasteiger partial charge on any atom is 0.286 e. The zero-order chi connectivity index (χ0) is 22.1. The quantitative estimate of drug-likeness (QED) is 0.441. The van der Waals surface area contributed by atoms with Crippen molar-refractivity contribution < 1.29 is 18.9 Å². The van der Waals surface area contributed by atoms with E-state index >= 15 is 0 Å². The smallest absolute Gasteiger partial charge is 0.286 e. The van der Waals surface area contributed by atoms with Crippen LogP contribution in [0.1, 0.15) is 19.6 Å². The Balaban J connectivity index is 1.77. The molecular weight excluding hydrogens is 408 g/mol. The highest BCUT2D eigenvalue weighted by Gasteiger charge is 2.33. The number of aliphatic imine (C=N–C) groups is 1. The minimum absolute atomic E-state index is 0.0748. The molecule has 2 heterocycles. The van der Waals surface area contributed by atoms with Gasteiger partial charge in [-0.2, -0.15) is 4.99 Å². The first-order chi connectivity index (χ1) is 14.1. The average molecular weight is 428 g/mol. The largest absolute Gasteiger partial charge is 0.456 e. The summed E-state index contributed by atoms with van der Waals surface area (Å²) in [6.07, 6.45) is 1.49. The molecular formula is C20H20N4O5S. The second-order valence-corrected chi connectivity index (χ2v) is 8.25. The number of rotatable bonds is 5. The second kappa shape index (κ2) is 8.25. The Labute approximate surface area is 177 Å². The Bertz CT molecular complexity index is 1080. The van der Waals surface area contributed by atoms with Gasteiger partial charge in [-0.05, 0) is 57.9 Å². The number of nitro benzene ring substituents is 1. The topological polar surface area (TPSA) is 118 Å². The molecule has 1 N–H and O–H groups in total. The lowest BCUT2D eigenvalue weighted by molar-refractivity contribution is -0.384. The first-order valence-corrected chi connectivity index (χ1v) is 9.76. The summed E-state index contributed by atoms with van der Waals surface area (Å²) in [7, 11) is 3.57. The molecule has 0 fully saturated rings. The summed E-state index contributed by atoms with van der Waals surface area (Å²) in [4.78, 5) is 41.3. The molecule has 30 heavy (non-hydrogen) atoms. The lowest BCUT2D eigenvalue weighted by Crippen LogP contribution is -2.52. The van der Waals surface area contributed by atoms with Crippen molar-refractivity contribution in [2.24, 2.45) is 4.99 Å². The summed E-state index contributed by atoms with van der Waals surface area (Å²) in [5, 5.41) is 14.1. The van der Waals surface area contributed by atoms with Gasteiger partial charge in [0, 0.05) is 12.1 Å². The number of para-hydroxylation sites is 1. The predicted octanol–water partition coefficient (Wildman–Crippen LogP) is 3.28. The van der Waals surface area contributed by atoms with Crippen LogP contribution in [0.15, 0.2) is 50.7 Å². The van der Waals surface area contributed by atoms with Crippen molar-refractivity contribution in [3.8, 4) is 11.3 Å². The maximum absolute atomic E-state index is 12.4. The van der Waals surface area contributed by atoms with E-state index < -0.39 is 16.4 Å². The number of benzene rings is 1. The van der Waals surface area contributed by atoms with E-state index in [1.54, 1.807) is 63.2 Å². The van der Waals surface area contributed by atoms with E-state index in [2.05, 4.69) is 10.3 Å². The van der Waals surface area contributed by atoms with Crippen LogP contribution in [0.25, 0.3) is 17.4 Å². The van der Waals surface area contributed by atoms with Crippen LogP contribution >= 0.6 is 11.8 Å². The first-order valence-electron chi connectivity index (χ1n) is 8.94. The lowest BCUT2D eigenvalue weighted by atomic mass is 10.0. The fraction of sp³-hybridized carbons (Fsp3) is 0.250. The van der Waals surface area contributed by atoms with Gasteiger partial charge in [0.25, 0.3) is 11.6 Å². The molecule has 1 aliphatic heterocycles. The average Bonchev–Trinajstić information content (AvgIpc) is 3.28. The van der Waals surface area contributed by atoms with E-state index in [0.717, 1.165) is 11.8 Å². The molecule has 0 atom stereocenters. The third-order valence-electron chi connectivity index (χ3n) is 4.78. The first kappa shape index (κ1) is 21.5. The molecule has 1 aromatic carbocycles. The van der Waals surface area contributed by atoms with E-state index in [0.29, 0.717) is 17.1 Å². The number of carbonyl (C=O) groups excluding carboxylic acids is 2. The highest BCUT2D eigenvalue weighted by atomic mass is 32.2. The zero-order valence-electron chi connectivity index (χ0n) is 16.8. The molecule has 0 radical (unpaired) electrons. The highest BCUT2D eigenvalue weighted by Crippen LogP contribution is 2.33. The van der Waals surface area contributed by atoms with Crippen LogP contribution in [0.2, 0.25) is 0 Å². The molecule has 0 aliphatic carbocycles. The monoisotopic (exact) mass is 428 g/mol. The van der Waals surface area contributed by atoms with Gasteiger partial charge in [-0.15, -0.1) is 0 Å². The van der Waals surface area contributed by atoms with Crippen LogP contribution in [0.4, 0.5) is 5.69 Å². The molecule has 1 aliphatic rings.